The third-order valence-electron chi connectivity index (χ3n) is 5.26. The van der Waals surface area contributed by atoms with Crippen LogP contribution in [-0.2, 0) is 14.6 Å². The van der Waals surface area contributed by atoms with E-state index in [1.54, 1.807) is 48.4 Å². The summed E-state index contributed by atoms with van der Waals surface area (Å²) in [6, 6.07) is 10.1. The highest BCUT2D eigenvalue weighted by Crippen LogP contribution is 2.38. The van der Waals surface area contributed by atoms with Crippen molar-refractivity contribution < 1.29 is 17.9 Å². The van der Waals surface area contributed by atoms with Gasteiger partial charge in [-0.3, -0.25) is 4.79 Å². The highest BCUT2D eigenvalue weighted by atomic mass is 35.5. The number of carbonyl (C=O) groups excluding carboxylic acids is 1. The second kappa shape index (κ2) is 8.64. The number of piperazine rings is 1. The van der Waals surface area contributed by atoms with E-state index in [2.05, 4.69) is 9.88 Å². The maximum atomic E-state index is 12.6. The summed E-state index contributed by atoms with van der Waals surface area (Å²) in [7, 11) is -2.07. The molecule has 10 heteroatoms. The Morgan fingerprint density at radius 3 is 2.45 bits per heavy atom. The topological polar surface area (TPSA) is 79.8 Å². The molecule has 0 radical (unpaired) electrons. The standard InChI is InChI=1S/C21H22ClN3O4S2/c1-14-3-5-15(6-4-14)31(27,28)13-18(26)24-9-11-25(12-10-24)21-23-19-17(29-2)8-7-16(22)20(19)30-21/h3-8H,9-13H2,1-2H3. The fourth-order valence-electron chi connectivity index (χ4n) is 3.47. The highest BCUT2D eigenvalue weighted by molar-refractivity contribution is 7.92. The number of amides is 1. The van der Waals surface area contributed by atoms with Crippen LogP contribution in [0.5, 0.6) is 5.75 Å². The van der Waals surface area contributed by atoms with Crippen molar-refractivity contribution in [3.8, 4) is 5.75 Å². The summed E-state index contributed by atoms with van der Waals surface area (Å²) in [6.45, 7) is 3.88. The molecule has 1 saturated heterocycles. The Morgan fingerprint density at radius 2 is 1.81 bits per heavy atom. The Hall–Kier alpha value is -2.36. The van der Waals surface area contributed by atoms with Gasteiger partial charge in [0.05, 0.1) is 21.7 Å². The van der Waals surface area contributed by atoms with Crippen LogP contribution in [0.25, 0.3) is 10.2 Å². The molecule has 0 bridgehead atoms. The van der Waals surface area contributed by atoms with Crippen LogP contribution in [-0.4, -0.2) is 63.3 Å². The van der Waals surface area contributed by atoms with Gasteiger partial charge in [-0.05, 0) is 31.2 Å². The van der Waals surface area contributed by atoms with Gasteiger partial charge in [0.1, 0.15) is 17.0 Å². The molecule has 1 amide bonds. The molecule has 4 rings (SSSR count). The minimum atomic E-state index is -3.66. The zero-order chi connectivity index (χ0) is 22.2. The van der Waals surface area contributed by atoms with Crippen molar-refractivity contribution in [1.82, 2.24) is 9.88 Å². The molecular formula is C21H22ClN3O4S2. The smallest absolute Gasteiger partial charge is 0.238 e. The summed E-state index contributed by atoms with van der Waals surface area (Å²) < 4.78 is 31.4. The summed E-state index contributed by atoms with van der Waals surface area (Å²) in [5, 5.41) is 1.43. The lowest BCUT2D eigenvalue weighted by Gasteiger charge is -2.34. The molecule has 0 saturated carbocycles. The average molecular weight is 480 g/mol. The number of sulfone groups is 1. The third-order valence-corrected chi connectivity index (χ3v) is 8.46. The molecule has 164 valence electrons. The van der Waals surface area contributed by atoms with Crippen molar-refractivity contribution in [3.63, 3.8) is 0 Å². The molecule has 0 atom stereocenters. The molecule has 0 unspecified atom stereocenters. The number of carbonyl (C=O) groups is 1. The number of aryl methyl sites for hydroxylation is 1. The van der Waals surface area contributed by atoms with E-state index in [9.17, 15) is 13.2 Å². The van der Waals surface area contributed by atoms with Crippen LogP contribution in [0.1, 0.15) is 5.56 Å². The monoisotopic (exact) mass is 479 g/mol. The van der Waals surface area contributed by atoms with Crippen LogP contribution in [0.2, 0.25) is 5.02 Å². The van der Waals surface area contributed by atoms with Crippen molar-refractivity contribution in [2.24, 2.45) is 0 Å². The Kier molecular flexibility index (Phi) is 6.09. The Labute approximate surface area is 190 Å². The molecule has 1 aliphatic heterocycles. The number of nitrogens with zero attached hydrogens (tertiary/aromatic N) is 3. The number of ether oxygens (including phenoxy) is 1. The second-order valence-corrected chi connectivity index (χ2v) is 10.7. The molecule has 2 heterocycles. The molecule has 0 spiro atoms. The van der Waals surface area contributed by atoms with Crippen LogP contribution in [0.4, 0.5) is 5.13 Å². The number of hydrogen-bond acceptors (Lipinski definition) is 7. The number of methoxy groups -OCH3 is 1. The van der Waals surface area contributed by atoms with E-state index in [0.29, 0.717) is 37.0 Å². The van der Waals surface area contributed by atoms with E-state index >= 15 is 0 Å². The Bertz CT molecular complexity index is 1220. The van der Waals surface area contributed by atoms with Crippen molar-refractivity contribution in [2.45, 2.75) is 11.8 Å². The lowest BCUT2D eigenvalue weighted by Crippen LogP contribution is -2.50. The number of thiazole rings is 1. The van der Waals surface area contributed by atoms with Gasteiger partial charge in [0.15, 0.2) is 15.0 Å². The molecule has 3 aromatic rings. The number of aromatic nitrogens is 1. The average Bonchev–Trinajstić information content (AvgIpc) is 3.21. The van der Waals surface area contributed by atoms with Crippen molar-refractivity contribution >= 4 is 54.0 Å². The highest BCUT2D eigenvalue weighted by Gasteiger charge is 2.28. The van der Waals surface area contributed by atoms with Gasteiger partial charge >= 0.3 is 0 Å². The Morgan fingerprint density at radius 1 is 1.13 bits per heavy atom. The van der Waals surface area contributed by atoms with Gasteiger partial charge < -0.3 is 14.5 Å². The SMILES string of the molecule is COc1ccc(Cl)c2sc(N3CCN(C(=O)CS(=O)(=O)c4ccc(C)cc4)CC3)nc12. The number of fused-ring (bicyclic) bond motifs is 1. The molecule has 31 heavy (non-hydrogen) atoms. The van der Waals surface area contributed by atoms with Gasteiger partial charge in [-0.1, -0.05) is 40.6 Å². The predicted octanol–water partition coefficient (Wildman–Crippen LogP) is 3.39. The quantitative estimate of drug-likeness (QED) is 0.558. The zero-order valence-corrected chi connectivity index (χ0v) is 19.6. The largest absolute Gasteiger partial charge is 0.494 e. The number of rotatable bonds is 5. The van der Waals surface area contributed by atoms with Crippen LogP contribution < -0.4 is 9.64 Å². The summed E-state index contributed by atoms with van der Waals surface area (Å²) in [6.07, 6.45) is 0. The van der Waals surface area contributed by atoms with Crippen LogP contribution >= 0.6 is 22.9 Å². The lowest BCUT2D eigenvalue weighted by molar-refractivity contribution is -0.128. The summed E-state index contributed by atoms with van der Waals surface area (Å²) in [5.41, 5.74) is 1.69. The number of benzene rings is 2. The van der Waals surface area contributed by atoms with Crippen molar-refractivity contribution in [1.29, 1.82) is 0 Å². The maximum Gasteiger partial charge on any atom is 0.238 e. The number of hydrogen-bond donors (Lipinski definition) is 0. The van der Waals surface area contributed by atoms with Gasteiger partial charge in [-0.15, -0.1) is 0 Å². The van der Waals surface area contributed by atoms with E-state index in [1.165, 1.54) is 11.3 Å². The second-order valence-electron chi connectivity index (χ2n) is 7.36. The maximum absolute atomic E-state index is 12.6. The molecule has 1 fully saturated rings. The third kappa shape index (κ3) is 4.49. The van der Waals surface area contributed by atoms with E-state index < -0.39 is 15.6 Å². The van der Waals surface area contributed by atoms with Gasteiger partial charge in [-0.25, -0.2) is 13.4 Å². The minimum Gasteiger partial charge on any atom is -0.494 e. The number of halogens is 1. The van der Waals surface area contributed by atoms with Gasteiger partial charge in [-0.2, -0.15) is 0 Å². The van der Waals surface area contributed by atoms with Crippen LogP contribution in [0, 0.1) is 6.92 Å². The van der Waals surface area contributed by atoms with E-state index in [1.807, 2.05) is 6.92 Å². The van der Waals surface area contributed by atoms with E-state index in [-0.39, 0.29) is 10.8 Å². The normalized spacial score (nSPS) is 14.8. The first-order chi connectivity index (χ1) is 14.8. The molecular weight excluding hydrogens is 458 g/mol. The number of anilines is 1. The molecule has 7 nitrogen and oxygen atoms in total. The fourth-order valence-corrected chi connectivity index (χ4v) is 6.00. The molecule has 1 aliphatic rings. The van der Waals surface area contributed by atoms with Gasteiger partial charge in [0.25, 0.3) is 0 Å². The first-order valence-corrected chi connectivity index (χ1v) is 12.6. The summed E-state index contributed by atoms with van der Waals surface area (Å²) in [4.78, 5) is 21.2. The van der Waals surface area contributed by atoms with Crippen LogP contribution in [0.15, 0.2) is 41.3 Å². The zero-order valence-electron chi connectivity index (χ0n) is 17.2. The molecule has 0 aliphatic carbocycles. The van der Waals surface area contributed by atoms with E-state index in [4.69, 9.17) is 16.3 Å². The predicted molar refractivity (Wildman–Crippen MR) is 123 cm³/mol. The lowest BCUT2D eigenvalue weighted by atomic mass is 10.2. The van der Waals surface area contributed by atoms with Crippen molar-refractivity contribution in [2.75, 3.05) is 43.9 Å². The first-order valence-electron chi connectivity index (χ1n) is 9.73. The molecule has 0 N–H and O–H groups in total. The fraction of sp³-hybridized carbons (Fsp3) is 0.333. The summed E-state index contributed by atoms with van der Waals surface area (Å²) in [5.74, 6) is -0.240. The first kappa shape index (κ1) is 21.9. The minimum absolute atomic E-state index is 0.172. The van der Waals surface area contributed by atoms with E-state index in [0.717, 1.165) is 20.9 Å². The van der Waals surface area contributed by atoms with Gasteiger partial charge in [0, 0.05) is 26.2 Å². The molecule has 2 aromatic carbocycles. The Balaban J connectivity index is 1.43. The van der Waals surface area contributed by atoms with Gasteiger partial charge in [0.2, 0.25) is 5.91 Å². The van der Waals surface area contributed by atoms with Crippen molar-refractivity contribution in [3.05, 3.63) is 47.0 Å². The summed E-state index contributed by atoms with van der Waals surface area (Å²) >= 11 is 7.79. The molecule has 1 aromatic heterocycles. The van der Waals surface area contributed by atoms with Crippen LogP contribution in [0.3, 0.4) is 0 Å².